The van der Waals surface area contributed by atoms with E-state index in [4.69, 9.17) is 11.6 Å². The smallest absolute Gasteiger partial charge is 0.375 e. The molecule has 128 valence electrons. The van der Waals surface area contributed by atoms with E-state index < -0.39 is 17.8 Å². The van der Waals surface area contributed by atoms with Gasteiger partial charge >= 0.3 is 6.18 Å². The number of ketones is 1. The lowest BCUT2D eigenvalue weighted by atomic mass is 9.98. The molecule has 2 aromatic carbocycles. The van der Waals surface area contributed by atoms with Gasteiger partial charge in [-0.05, 0) is 42.8 Å². The maximum Gasteiger partial charge on any atom is 0.416 e. The highest BCUT2D eigenvalue weighted by atomic mass is 35.5. The Balaban J connectivity index is 2.24. The van der Waals surface area contributed by atoms with Crippen molar-refractivity contribution in [1.82, 2.24) is 0 Å². The first-order valence-electron chi connectivity index (χ1n) is 7.55. The zero-order chi connectivity index (χ0) is 17.7. The number of halogens is 4. The highest BCUT2D eigenvalue weighted by Crippen LogP contribution is 2.30. The number of carbonyl (C=O) groups is 1. The molecule has 0 fully saturated rings. The molecule has 1 atom stereocenters. The van der Waals surface area contributed by atoms with Gasteiger partial charge in [-0.1, -0.05) is 37.1 Å². The standard InChI is InChI=1S/C18H17ClF3NO/c1-2-4-16(23-15-9-7-14(19)8-10-15)17(24)12-5-3-6-13(11-12)18(20,21)22/h3,5-11,16,23H,2,4H2,1H3. The Morgan fingerprint density at radius 3 is 2.42 bits per heavy atom. The molecular formula is C18H17ClF3NO. The predicted octanol–water partition coefficient (Wildman–Crippen LogP) is 5.82. The Morgan fingerprint density at radius 1 is 1.17 bits per heavy atom. The molecule has 0 aliphatic heterocycles. The maximum absolute atomic E-state index is 12.8. The van der Waals surface area contributed by atoms with E-state index >= 15 is 0 Å². The molecule has 24 heavy (non-hydrogen) atoms. The van der Waals surface area contributed by atoms with Crippen LogP contribution in [0.4, 0.5) is 18.9 Å². The summed E-state index contributed by atoms with van der Waals surface area (Å²) in [6, 6.07) is 10.7. The summed E-state index contributed by atoms with van der Waals surface area (Å²) in [6.45, 7) is 1.91. The van der Waals surface area contributed by atoms with Crippen LogP contribution in [0, 0.1) is 0 Å². The van der Waals surface area contributed by atoms with Crippen LogP contribution in [-0.2, 0) is 6.18 Å². The lowest BCUT2D eigenvalue weighted by Crippen LogP contribution is -2.29. The molecule has 0 aromatic heterocycles. The molecule has 0 radical (unpaired) electrons. The van der Waals surface area contributed by atoms with Crippen LogP contribution in [0.3, 0.4) is 0 Å². The van der Waals surface area contributed by atoms with E-state index in [2.05, 4.69) is 5.32 Å². The van der Waals surface area contributed by atoms with Crippen LogP contribution in [0.5, 0.6) is 0 Å². The molecule has 0 aliphatic carbocycles. The number of nitrogens with one attached hydrogen (secondary N) is 1. The van der Waals surface area contributed by atoms with E-state index in [-0.39, 0.29) is 11.3 Å². The fourth-order valence-corrected chi connectivity index (χ4v) is 2.48. The van der Waals surface area contributed by atoms with Gasteiger partial charge in [0.2, 0.25) is 0 Å². The third-order valence-electron chi connectivity index (χ3n) is 3.55. The Morgan fingerprint density at radius 2 is 1.83 bits per heavy atom. The third kappa shape index (κ3) is 4.74. The number of Topliss-reactive ketones (excluding diaryl/α,β-unsaturated/α-hetero) is 1. The summed E-state index contributed by atoms with van der Waals surface area (Å²) in [7, 11) is 0. The van der Waals surface area contributed by atoms with Crippen LogP contribution < -0.4 is 5.32 Å². The zero-order valence-electron chi connectivity index (χ0n) is 13.0. The summed E-state index contributed by atoms with van der Waals surface area (Å²) in [4.78, 5) is 12.6. The lowest BCUT2D eigenvalue weighted by Gasteiger charge is -2.19. The first-order chi connectivity index (χ1) is 11.3. The van der Waals surface area contributed by atoms with Crippen molar-refractivity contribution >= 4 is 23.1 Å². The van der Waals surface area contributed by atoms with Crippen LogP contribution in [0.15, 0.2) is 48.5 Å². The van der Waals surface area contributed by atoms with E-state index in [0.29, 0.717) is 17.1 Å². The van der Waals surface area contributed by atoms with Crippen LogP contribution >= 0.6 is 11.6 Å². The van der Waals surface area contributed by atoms with E-state index in [1.165, 1.54) is 12.1 Å². The van der Waals surface area contributed by atoms with E-state index in [1.54, 1.807) is 24.3 Å². The molecule has 0 spiro atoms. The molecule has 1 N–H and O–H groups in total. The number of rotatable bonds is 6. The summed E-state index contributed by atoms with van der Waals surface area (Å²) in [6.07, 6.45) is -3.24. The molecule has 0 amide bonds. The van der Waals surface area contributed by atoms with Crippen LogP contribution in [0.2, 0.25) is 5.02 Å². The number of alkyl halides is 3. The average molecular weight is 356 g/mol. The molecule has 0 heterocycles. The Kier molecular flexibility index (Phi) is 5.89. The van der Waals surface area contributed by atoms with Crippen molar-refractivity contribution in [2.24, 2.45) is 0 Å². The first-order valence-corrected chi connectivity index (χ1v) is 7.92. The molecular weight excluding hydrogens is 339 g/mol. The van der Waals surface area contributed by atoms with Gasteiger partial charge in [0.25, 0.3) is 0 Å². The van der Waals surface area contributed by atoms with E-state index in [9.17, 15) is 18.0 Å². The molecule has 1 unspecified atom stereocenters. The van der Waals surface area contributed by atoms with Crippen molar-refractivity contribution in [3.63, 3.8) is 0 Å². The van der Waals surface area contributed by atoms with Crippen LogP contribution in [-0.4, -0.2) is 11.8 Å². The second-order valence-electron chi connectivity index (χ2n) is 5.44. The van der Waals surface area contributed by atoms with Gasteiger partial charge in [0.1, 0.15) is 0 Å². The Bertz CT molecular complexity index is 698. The molecule has 2 rings (SSSR count). The highest BCUT2D eigenvalue weighted by molar-refractivity contribution is 6.30. The van der Waals surface area contributed by atoms with Crippen molar-refractivity contribution in [2.45, 2.75) is 32.0 Å². The summed E-state index contributed by atoms with van der Waals surface area (Å²) < 4.78 is 38.5. The zero-order valence-corrected chi connectivity index (χ0v) is 13.8. The van der Waals surface area contributed by atoms with Crippen molar-refractivity contribution in [3.05, 3.63) is 64.7 Å². The summed E-state index contributed by atoms with van der Waals surface area (Å²) in [5, 5.41) is 3.64. The van der Waals surface area contributed by atoms with E-state index in [0.717, 1.165) is 18.6 Å². The van der Waals surface area contributed by atoms with Gasteiger partial charge in [0, 0.05) is 16.3 Å². The van der Waals surface area contributed by atoms with Gasteiger partial charge in [-0.15, -0.1) is 0 Å². The number of anilines is 1. The van der Waals surface area contributed by atoms with Gasteiger partial charge in [0.05, 0.1) is 11.6 Å². The molecule has 0 saturated heterocycles. The monoisotopic (exact) mass is 355 g/mol. The quantitative estimate of drug-likeness (QED) is 0.661. The minimum Gasteiger partial charge on any atom is -0.375 e. The van der Waals surface area contributed by atoms with Gasteiger partial charge in [0.15, 0.2) is 5.78 Å². The minimum atomic E-state index is -4.47. The fraction of sp³-hybridized carbons (Fsp3) is 0.278. The topological polar surface area (TPSA) is 29.1 Å². The van der Waals surface area contributed by atoms with Crippen molar-refractivity contribution < 1.29 is 18.0 Å². The SMILES string of the molecule is CCCC(Nc1ccc(Cl)cc1)C(=O)c1cccc(C(F)(F)F)c1. The average Bonchev–Trinajstić information content (AvgIpc) is 2.55. The fourth-order valence-electron chi connectivity index (χ4n) is 2.35. The first kappa shape index (κ1) is 18.3. The Hall–Kier alpha value is -2.01. The minimum absolute atomic E-state index is 0.0461. The highest BCUT2D eigenvalue weighted by Gasteiger charge is 2.31. The lowest BCUT2D eigenvalue weighted by molar-refractivity contribution is -0.137. The van der Waals surface area contributed by atoms with Gasteiger partial charge in [-0.3, -0.25) is 4.79 Å². The number of hydrogen-bond donors (Lipinski definition) is 1. The van der Waals surface area contributed by atoms with Crippen molar-refractivity contribution in [1.29, 1.82) is 0 Å². The summed E-state index contributed by atoms with van der Waals surface area (Å²) in [5.74, 6) is -0.363. The number of benzene rings is 2. The van der Waals surface area contributed by atoms with Crippen molar-refractivity contribution in [3.8, 4) is 0 Å². The molecule has 6 heteroatoms. The molecule has 0 aliphatic rings. The van der Waals surface area contributed by atoms with Crippen molar-refractivity contribution in [2.75, 3.05) is 5.32 Å². The van der Waals surface area contributed by atoms with E-state index in [1.807, 2.05) is 6.92 Å². The second-order valence-corrected chi connectivity index (χ2v) is 5.87. The van der Waals surface area contributed by atoms with Crippen LogP contribution in [0.25, 0.3) is 0 Å². The number of carbonyl (C=O) groups excluding carboxylic acids is 1. The molecule has 0 bridgehead atoms. The number of hydrogen-bond acceptors (Lipinski definition) is 2. The largest absolute Gasteiger partial charge is 0.416 e. The summed E-state index contributed by atoms with van der Waals surface area (Å²) in [5.41, 5.74) is -0.0852. The molecule has 2 nitrogen and oxygen atoms in total. The summed E-state index contributed by atoms with van der Waals surface area (Å²) >= 11 is 5.83. The molecule has 0 saturated carbocycles. The maximum atomic E-state index is 12.8. The van der Waals surface area contributed by atoms with Gasteiger partial charge < -0.3 is 5.32 Å². The third-order valence-corrected chi connectivity index (χ3v) is 3.81. The normalized spacial score (nSPS) is 12.7. The Labute approximate surface area is 143 Å². The van der Waals surface area contributed by atoms with Crippen LogP contribution in [0.1, 0.15) is 35.7 Å². The predicted molar refractivity (Wildman–Crippen MR) is 89.5 cm³/mol. The molecule has 2 aromatic rings. The second kappa shape index (κ2) is 7.71. The van der Waals surface area contributed by atoms with Gasteiger partial charge in [-0.25, -0.2) is 0 Å². The van der Waals surface area contributed by atoms with Gasteiger partial charge in [-0.2, -0.15) is 13.2 Å².